The third kappa shape index (κ3) is 6.98. The average molecular weight is 585 g/mol. The molecule has 0 saturated heterocycles. The fourth-order valence-corrected chi connectivity index (χ4v) is 4.27. The van der Waals surface area contributed by atoms with E-state index in [1.54, 1.807) is 44.2 Å². The van der Waals surface area contributed by atoms with Gasteiger partial charge in [-0.25, -0.2) is 9.97 Å². The van der Waals surface area contributed by atoms with Gasteiger partial charge in [0, 0.05) is 29.6 Å². The third-order valence-corrected chi connectivity index (χ3v) is 6.63. The fraction of sp³-hybridized carbons (Fsp3) is 0.259. The number of pyridine rings is 2. The van der Waals surface area contributed by atoms with Crippen LogP contribution in [-0.4, -0.2) is 66.0 Å². The Morgan fingerprint density at radius 1 is 0.927 bits per heavy atom. The van der Waals surface area contributed by atoms with Crippen molar-refractivity contribution >= 4 is 10.1 Å². The summed E-state index contributed by atoms with van der Waals surface area (Å²) in [7, 11) is -1.80. The summed E-state index contributed by atoms with van der Waals surface area (Å²) < 4.78 is 54.3. The van der Waals surface area contributed by atoms with Gasteiger partial charge in [0.15, 0.2) is 22.3 Å². The first-order valence-corrected chi connectivity index (χ1v) is 13.6. The van der Waals surface area contributed by atoms with Gasteiger partial charge in [0.05, 0.1) is 26.4 Å². The van der Waals surface area contributed by atoms with E-state index in [0.717, 1.165) is 0 Å². The van der Waals surface area contributed by atoms with Crippen LogP contribution in [0.1, 0.15) is 19.4 Å². The predicted molar refractivity (Wildman–Crippen MR) is 145 cm³/mol. The van der Waals surface area contributed by atoms with Crippen molar-refractivity contribution in [3.8, 4) is 46.3 Å². The number of hydrogen-bond donors (Lipinski definition) is 2. The molecule has 0 fully saturated rings. The van der Waals surface area contributed by atoms with Crippen LogP contribution in [0.5, 0.6) is 34.9 Å². The summed E-state index contributed by atoms with van der Waals surface area (Å²) in [6, 6.07) is 12.4. The van der Waals surface area contributed by atoms with Crippen LogP contribution in [0.25, 0.3) is 11.4 Å². The minimum atomic E-state index is -4.56. The Balaban J connectivity index is 1.83. The molecule has 216 valence electrons. The molecule has 0 amide bonds. The zero-order valence-electron chi connectivity index (χ0n) is 22.6. The van der Waals surface area contributed by atoms with E-state index in [-0.39, 0.29) is 42.3 Å². The lowest BCUT2D eigenvalue weighted by Crippen LogP contribution is -2.18. The van der Waals surface area contributed by atoms with Crippen molar-refractivity contribution in [2.45, 2.75) is 24.5 Å². The Bertz CT molecular complexity index is 1610. The second-order valence-corrected chi connectivity index (χ2v) is 10.4. The number of para-hydroxylation sites is 2. The van der Waals surface area contributed by atoms with Crippen molar-refractivity contribution in [2.24, 2.45) is 0 Å². The summed E-state index contributed by atoms with van der Waals surface area (Å²) in [5.41, 5.74) is -0.449. The smallest absolute Gasteiger partial charge is 0.358 e. The molecule has 0 atom stereocenters. The molecule has 0 unspecified atom stereocenters. The van der Waals surface area contributed by atoms with E-state index in [4.69, 9.17) is 28.2 Å². The number of hydrogen-bond acceptors (Lipinski definition) is 13. The summed E-state index contributed by atoms with van der Waals surface area (Å²) in [5, 5.41) is 18.8. The van der Waals surface area contributed by atoms with Gasteiger partial charge in [0.25, 0.3) is 17.5 Å². The number of aromatic nitrogens is 4. The highest BCUT2D eigenvalue weighted by Crippen LogP contribution is 2.43. The van der Waals surface area contributed by atoms with Gasteiger partial charge in [-0.15, -0.1) is 0 Å². The van der Waals surface area contributed by atoms with Gasteiger partial charge in [-0.05, 0) is 38.1 Å². The Labute approximate surface area is 236 Å². The molecule has 2 N–H and O–H groups in total. The first-order valence-electron chi connectivity index (χ1n) is 12.2. The normalized spacial score (nSPS) is 11.6. The van der Waals surface area contributed by atoms with Crippen LogP contribution < -0.4 is 23.1 Å². The van der Waals surface area contributed by atoms with Crippen LogP contribution in [0.2, 0.25) is 0 Å². The highest BCUT2D eigenvalue weighted by atomic mass is 32.2. The van der Waals surface area contributed by atoms with Crippen LogP contribution in [0.4, 0.5) is 0 Å². The molecule has 3 aromatic heterocycles. The maximum atomic E-state index is 13.3. The van der Waals surface area contributed by atoms with Crippen molar-refractivity contribution < 1.29 is 41.8 Å². The third-order valence-electron chi connectivity index (χ3n) is 5.50. The van der Waals surface area contributed by atoms with Gasteiger partial charge < -0.3 is 33.3 Å². The lowest BCUT2D eigenvalue weighted by Gasteiger charge is -2.18. The molecule has 0 bridgehead atoms. The molecule has 0 aliphatic carbocycles. The van der Waals surface area contributed by atoms with E-state index in [1.165, 1.54) is 44.8 Å². The van der Waals surface area contributed by atoms with E-state index in [9.17, 15) is 13.5 Å². The second kappa shape index (κ2) is 12.3. The van der Waals surface area contributed by atoms with E-state index >= 15 is 0 Å². The molecule has 0 aliphatic heterocycles. The predicted octanol–water partition coefficient (Wildman–Crippen LogP) is 3.11. The number of methoxy groups -OCH3 is 2. The minimum absolute atomic E-state index is 0.000937. The van der Waals surface area contributed by atoms with Crippen LogP contribution in [-0.2, 0) is 15.7 Å². The van der Waals surface area contributed by atoms with Gasteiger partial charge in [0.1, 0.15) is 6.61 Å². The molecule has 14 heteroatoms. The lowest BCUT2D eigenvalue weighted by atomic mass is 10.0. The number of nitrogens with zero attached hydrogens (tertiary/aromatic N) is 4. The summed E-state index contributed by atoms with van der Waals surface area (Å²) >= 11 is 0. The summed E-state index contributed by atoms with van der Waals surface area (Å²) in [4.78, 5) is 16.8. The molecule has 0 aliphatic rings. The molecular formula is C27H28N4O9S. The topological polar surface area (TPSA) is 172 Å². The van der Waals surface area contributed by atoms with Crippen LogP contribution in [0.3, 0.4) is 0 Å². The summed E-state index contributed by atoms with van der Waals surface area (Å²) in [5.74, 6) is -0.157. The summed E-state index contributed by atoms with van der Waals surface area (Å²) in [6.07, 6.45) is 2.67. The molecule has 4 rings (SSSR count). The fourth-order valence-electron chi connectivity index (χ4n) is 3.45. The van der Waals surface area contributed by atoms with Crippen molar-refractivity contribution in [3.05, 3.63) is 66.5 Å². The maximum Gasteiger partial charge on any atom is 0.358 e. The van der Waals surface area contributed by atoms with Crippen LogP contribution >= 0.6 is 0 Å². The summed E-state index contributed by atoms with van der Waals surface area (Å²) in [6.45, 7) is 2.89. The largest absolute Gasteiger partial charge is 0.493 e. The van der Waals surface area contributed by atoms with E-state index in [1.807, 2.05) is 0 Å². The van der Waals surface area contributed by atoms with Gasteiger partial charge in [-0.2, -0.15) is 18.4 Å². The maximum absolute atomic E-state index is 13.3. The molecule has 13 nitrogen and oxygen atoms in total. The molecule has 0 radical (unpaired) electrons. The average Bonchev–Trinajstić information content (AvgIpc) is 2.96. The minimum Gasteiger partial charge on any atom is -0.493 e. The second-order valence-electron chi connectivity index (χ2n) is 8.88. The first kappa shape index (κ1) is 29.5. The van der Waals surface area contributed by atoms with Gasteiger partial charge in [0.2, 0.25) is 5.88 Å². The lowest BCUT2D eigenvalue weighted by molar-refractivity contribution is 0.0781. The highest BCUT2D eigenvalue weighted by Gasteiger charge is 2.28. The number of aliphatic hydroxyl groups is 2. The van der Waals surface area contributed by atoms with Crippen LogP contribution in [0, 0.1) is 0 Å². The Morgan fingerprint density at radius 2 is 1.66 bits per heavy atom. The molecule has 4 aromatic rings. The van der Waals surface area contributed by atoms with E-state index in [2.05, 4.69) is 19.9 Å². The standard InChI is InChI=1S/C27H28N4O9S/c1-27(2,33)18-9-10-22(29-16-18)41(34,35)40-26-23(39-20-8-6-5-7-19(20)36-3)25(37-4)30-24(31-26)17-11-12-28-21(15-17)38-14-13-32/h5-12,15-16,32-33H,13-14H2,1-4H3. The zero-order valence-corrected chi connectivity index (χ0v) is 23.5. The molecule has 41 heavy (non-hydrogen) atoms. The van der Waals surface area contributed by atoms with Gasteiger partial charge >= 0.3 is 10.1 Å². The number of aliphatic hydroxyl groups excluding tert-OH is 1. The van der Waals surface area contributed by atoms with Crippen LogP contribution in [0.15, 0.2) is 66.0 Å². The monoisotopic (exact) mass is 584 g/mol. The molecule has 0 spiro atoms. The number of ether oxygens (including phenoxy) is 4. The highest BCUT2D eigenvalue weighted by molar-refractivity contribution is 7.87. The van der Waals surface area contributed by atoms with Crippen molar-refractivity contribution in [2.75, 3.05) is 27.4 Å². The Morgan fingerprint density at radius 3 is 2.29 bits per heavy atom. The Hall–Kier alpha value is -4.53. The molecule has 1 aromatic carbocycles. The first-order chi connectivity index (χ1) is 19.6. The van der Waals surface area contributed by atoms with Gasteiger partial charge in [-0.1, -0.05) is 18.2 Å². The number of benzene rings is 1. The van der Waals surface area contributed by atoms with E-state index < -0.39 is 26.6 Å². The molecule has 3 heterocycles. The quantitative estimate of drug-likeness (QED) is 0.233. The Kier molecular flexibility index (Phi) is 8.86. The van der Waals surface area contributed by atoms with E-state index in [0.29, 0.717) is 16.9 Å². The van der Waals surface area contributed by atoms with Crippen molar-refractivity contribution in [1.82, 2.24) is 19.9 Å². The van der Waals surface area contributed by atoms with Crippen molar-refractivity contribution in [3.63, 3.8) is 0 Å². The molecule has 0 saturated carbocycles. The van der Waals surface area contributed by atoms with Gasteiger partial charge in [-0.3, -0.25) is 0 Å². The zero-order chi connectivity index (χ0) is 29.6. The number of rotatable bonds is 12. The molecular weight excluding hydrogens is 556 g/mol. The SMILES string of the molecule is COc1ccccc1Oc1c(OC)nc(-c2ccnc(OCCO)c2)nc1OS(=O)(=O)c1ccc(C(C)(C)O)cn1. The van der Waals surface area contributed by atoms with Crippen molar-refractivity contribution in [1.29, 1.82) is 0 Å².